The Labute approximate surface area is 172 Å². The number of thiophene rings is 1. The van der Waals surface area contributed by atoms with Crippen LogP contribution in [0.3, 0.4) is 0 Å². The number of carbonyl (C=O) groups excluding carboxylic acids is 4. The van der Waals surface area contributed by atoms with E-state index in [1.54, 1.807) is 0 Å². The first kappa shape index (κ1) is 20.7. The molecule has 1 aliphatic carbocycles. The van der Waals surface area contributed by atoms with Gasteiger partial charge in [-0.2, -0.15) is 0 Å². The first-order valence-electron chi connectivity index (χ1n) is 9.28. The zero-order valence-electron chi connectivity index (χ0n) is 16.0. The molecule has 1 heterocycles. The van der Waals surface area contributed by atoms with E-state index in [9.17, 15) is 19.2 Å². The molecule has 0 atom stereocenters. The van der Waals surface area contributed by atoms with E-state index in [2.05, 4.69) is 5.32 Å². The van der Waals surface area contributed by atoms with Crippen LogP contribution in [0.4, 0.5) is 5.00 Å². The standard InChI is InChI=1S/C21H21NO6S/c1-27-21(26)18-15-5-3-2-4-6-16(15)29-19(18)22-17(24)12-28-20(25)14-9-7-13(11-23)8-10-14/h7-11H,2-6,12H2,1H3,(H,22,24). The average Bonchev–Trinajstić information content (AvgIpc) is 2.91. The first-order valence-corrected chi connectivity index (χ1v) is 10.1. The predicted molar refractivity (Wildman–Crippen MR) is 108 cm³/mol. The van der Waals surface area contributed by atoms with Crippen LogP contribution in [0.1, 0.15) is 60.8 Å². The fraction of sp³-hybridized carbons (Fsp3) is 0.333. The SMILES string of the molecule is COC(=O)c1c(NC(=O)COC(=O)c2ccc(C=O)cc2)sc2c1CCCCC2. The second-order valence-corrected chi connectivity index (χ2v) is 7.73. The molecule has 0 aliphatic heterocycles. The molecular formula is C21H21NO6S. The highest BCUT2D eigenvalue weighted by molar-refractivity contribution is 7.17. The number of aryl methyl sites for hydroxylation is 1. The van der Waals surface area contributed by atoms with Gasteiger partial charge in [0.1, 0.15) is 11.3 Å². The maximum Gasteiger partial charge on any atom is 0.341 e. The first-order chi connectivity index (χ1) is 14.0. The maximum atomic E-state index is 12.3. The second-order valence-electron chi connectivity index (χ2n) is 6.62. The van der Waals surface area contributed by atoms with Gasteiger partial charge in [-0.3, -0.25) is 9.59 Å². The van der Waals surface area contributed by atoms with Gasteiger partial charge in [0.15, 0.2) is 6.61 Å². The number of ether oxygens (including phenoxy) is 2. The summed E-state index contributed by atoms with van der Waals surface area (Å²) >= 11 is 1.38. The van der Waals surface area contributed by atoms with E-state index in [1.165, 1.54) is 42.7 Å². The van der Waals surface area contributed by atoms with E-state index in [1.807, 2.05) is 0 Å². The molecule has 0 fully saturated rings. The number of hydrogen-bond donors (Lipinski definition) is 1. The van der Waals surface area contributed by atoms with Gasteiger partial charge < -0.3 is 14.8 Å². The summed E-state index contributed by atoms with van der Waals surface area (Å²) in [6.45, 7) is -0.489. The van der Waals surface area contributed by atoms with Gasteiger partial charge in [-0.25, -0.2) is 9.59 Å². The molecule has 8 heteroatoms. The van der Waals surface area contributed by atoms with Gasteiger partial charge >= 0.3 is 11.9 Å². The Bertz CT molecular complexity index is 931. The predicted octanol–water partition coefficient (Wildman–Crippen LogP) is 3.41. The molecular weight excluding hydrogens is 394 g/mol. The molecule has 0 bridgehead atoms. The molecule has 3 rings (SSSR count). The highest BCUT2D eigenvalue weighted by Gasteiger charge is 2.26. The normalized spacial score (nSPS) is 13.0. The van der Waals surface area contributed by atoms with Crippen LogP contribution in [0.25, 0.3) is 0 Å². The number of hydrogen-bond acceptors (Lipinski definition) is 7. The van der Waals surface area contributed by atoms with Crippen molar-refractivity contribution in [3.8, 4) is 0 Å². The Hall–Kier alpha value is -3.00. The summed E-state index contributed by atoms with van der Waals surface area (Å²) in [6.07, 6.45) is 5.45. The monoisotopic (exact) mass is 415 g/mol. The Balaban J connectivity index is 1.67. The molecule has 1 aliphatic rings. The summed E-state index contributed by atoms with van der Waals surface area (Å²) in [7, 11) is 1.31. The minimum Gasteiger partial charge on any atom is -0.465 e. The third kappa shape index (κ3) is 4.89. The van der Waals surface area contributed by atoms with Crippen molar-refractivity contribution in [3.63, 3.8) is 0 Å². The van der Waals surface area contributed by atoms with E-state index >= 15 is 0 Å². The zero-order chi connectivity index (χ0) is 20.8. The minimum atomic E-state index is -0.673. The van der Waals surface area contributed by atoms with Gasteiger partial charge in [0.25, 0.3) is 5.91 Å². The van der Waals surface area contributed by atoms with Crippen molar-refractivity contribution in [2.75, 3.05) is 19.0 Å². The Morgan fingerprint density at radius 1 is 1.07 bits per heavy atom. The Kier molecular flexibility index (Phi) is 6.77. The summed E-state index contributed by atoms with van der Waals surface area (Å²) in [4.78, 5) is 48.4. The Morgan fingerprint density at radius 2 is 1.79 bits per heavy atom. The second kappa shape index (κ2) is 9.47. The third-order valence-electron chi connectivity index (χ3n) is 4.68. The van der Waals surface area contributed by atoms with Gasteiger partial charge in [-0.15, -0.1) is 11.3 Å². The molecule has 1 aromatic heterocycles. The van der Waals surface area contributed by atoms with Crippen LogP contribution in [0, 0.1) is 0 Å². The molecule has 1 N–H and O–H groups in total. The van der Waals surface area contributed by atoms with Crippen molar-refractivity contribution >= 4 is 40.5 Å². The molecule has 0 saturated carbocycles. The van der Waals surface area contributed by atoms with Crippen LogP contribution in [0.15, 0.2) is 24.3 Å². The van der Waals surface area contributed by atoms with Gasteiger partial charge in [0, 0.05) is 10.4 Å². The van der Waals surface area contributed by atoms with E-state index < -0.39 is 24.5 Å². The number of amides is 1. The largest absolute Gasteiger partial charge is 0.465 e. The number of methoxy groups -OCH3 is 1. The fourth-order valence-corrected chi connectivity index (χ4v) is 4.52. The number of aldehydes is 1. The lowest BCUT2D eigenvalue weighted by Gasteiger charge is -2.08. The molecule has 0 radical (unpaired) electrons. The van der Waals surface area contributed by atoms with Crippen LogP contribution < -0.4 is 5.32 Å². The lowest BCUT2D eigenvalue weighted by Crippen LogP contribution is -2.21. The highest BCUT2D eigenvalue weighted by Crippen LogP contribution is 2.37. The highest BCUT2D eigenvalue weighted by atomic mass is 32.1. The van der Waals surface area contributed by atoms with Crippen molar-refractivity contribution in [3.05, 3.63) is 51.4 Å². The fourth-order valence-electron chi connectivity index (χ4n) is 3.22. The molecule has 1 aromatic carbocycles. The number of esters is 2. The molecule has 29 heavy (non-hydrogen) atoms. The smallest absolute Gasteiger partial charge is 0.341 e. The topological polar surface area (TPSA) is 98.8 Å². The summed E-state index contributed by atoms with van der Waals surface area (Å²) < 4.78 is 9.94. The molecule has 1 amide bonds. The van der Waals surface area contributed by atoms with E-state index in [-0.39, 0.29) is 5.56 Å². The van der Waals surface area contributed by atoms with E-state index in [0.717, 1.165) is 42.5 Å². The van der Waals surface area contributed by atoms with Gasteiger partial charge in [-0.1, -0.05) is 18.6 Å². The summed E-state index contributed by atoms with van der Waals surface area (Å²) in [5, 5.41) is 3.11. The van der Waals surface area contributed by atoms with Crippen LogP contribution in [0.5, 0.6) is 0 Å². The van der Waals surface area contributed by atoms with E-state index in [0.29, 0.717) is 22.4 Å². The lowest BCUT2D eigenvalue weighted by molar-refractivity contribution is -0.119. The number of fused-ring (bicyclic) bond motifs is 1. The Morgan fingerprint density at radius 3 is 2.48 bits per heavy atom. The van der Waals surface area contributed by atoms with Crippen LogP contribution >= 0.6 is 11.3 Å². The summed E-state index contributed by atoms with van der Waals surface area (Å²) in [6, 6.07) is 5.89. The summed E-state index contributed by atoms with van der Waals surface area (Å²) in [5.74, 6) is -1.69. The van der Waals surface area contributed by atoms with Crippen LogP contribution in [-0.2, 0) is 27.1 Å². The molecule has 0 spiro atoms. The molecule has 7 nitrogen and oxygen atoms in total. The quantitative estimate of drug-likeness (QED) is 0.441. The number of anilines is 1. The molecule has 152 valence electrons. The van der Waals surface area contributed by atoms with Crippen molar-refractivity contribution < 1.29 is 28.7 Å². The van der Waals surface area contributed by atoms with Crippen molar-refractivity contribution in [1.29, 1.82) is 0 Å². The molecule has 0 unspecified atom stereocenters. The lowest BCUT2D eigenvalue weighted by atomic mass is 10.1. The average molecular weight is 415 g/mol. The van der Waals surface area contributed by atoms with E-state index in [4.69, 9.17) is 9.47 Å². The third-order valence-corrected chi connectivity index (χ3v) is 5.89. The van der Waals surface area contributed by atoms with Crippen molar-refractivity contribution in [2.45, 2.75) is 32.1 Å². The van der Waals surface area contributed by atoms with Gasteiger partial charge in [-0.05, 0) is 43.4 Å². The number of carbonyl (C=O) groups is 4. The van der Waals surface area contributed by atoms with Crippen molar-refractivity contribution in [1.82, 2.24) is 0 Å². The van der Waals surface area contributed by atoms with Gasteiger partial charge in [0.2, 0.25) is 0 Å². The zero-order valence-corrected chi connectivity index (χ0v) is 16.8. The molecule has 0 saturated heterocycles. The minimum absolute atomic E-state index is 0.237. The van der Waals surface area contributed by atoms with Gasteiger partial charge in [0.05, 0.1) is 18.2 Å². The molecule has 2 aromatic rings. The van der Waals surface area contributed by atoms with Crippen LogP contribution in [0.2, 0.25) is 0 Å². The summed E-state index contributed by atoms with van der Waals surface area (Å²) in [5.41, 5.74) is 2.02. The number of nitrogens with one attached hydrogen (secondary N) is 1. The number of benzene rings is 1. The number of rotatable bonds is 6. The van der Waals surface area contributed by atoms with Crippen molar-refractivity contribution in [2.24, 2.45) is 0 Å². The van der Waals surface area contributed by atoms with Crippen LogP contribution in [-0.4, -0.2) is 37.8 Å². The maximum absolute atomic E-state index is 12.3.